The van der Waals surface area contributed by atoms with Crippen molar-refractivity contribution < 1.29 is 40.8 Å². The van der Waals surface area contributed by atoms with Crippen LogP contribution < -0.4 is 0 Å². The molecular weight excluding hydrogens is 275 g/mol. The summed E-state index contributed by atoms with van der Waals surface area (Å²) in [6, 6.07) is 0. The Morgan fingerprint density at radius 2 is 1.50 bits per heavy atom. The maximum Gasteiger partial charge on any atom is -0.870 e. The van der Waals surface area contributed by atoms with Crippen molar-refractivity contribution in [2.45, 2.75) is 23.9 Å². The Hall–Kier alpha value is 0.750. The van der Waals surface area contributed by atoms with Crippen LogP contribution in [0, 0.1) is 0 Å². The first kappa shape index (κ1) is 23.3. The van der Waals surface area contributed by atoms with Crippen molar-refractivity contribution in [1.29, 1.82) is 0 Å². The summed E-state index contributed by atoms with van der Waals surface area (Å²) in [7, 11) is 0. The van der Waals surface area contributed by atoms with Crippen LogP contribution in [0.1, 0.15) is 19.8 Å². The summed E-state index contributed by atoms with van der Waals surface area (Å²) >= 11 is 1.40. The predicted molar refractivity (Wildman–Crippen MR) is 25.5 cm³/mol. The molecule has 0 amide bonds. The Bertz CT molecular complexity index is 18.8. The molecule has 3 nitrogen and oxygen atoms in total. The van der Waals surface area contributed by atoms with E-state index in [-0.39, 0.29) is 16.4 Å². The summed E-state index contributed by atoms with van der Waals surface area (Å²) in [5.74, 6) is 0. The van der Waals surface area contributed by atoms with Crippen LogP contribution in [-0.2, 0) is 24.4 Å². The van der Waals surface area contributed by atoms with E-state index in [0.717, 1.165) is 0 Å². The third kappa shape index (κ3) is 29.5. The molecule has 0 aromatic rings. The van der Waals surface area contributed by atoms with E-state index in [1.54, 1.807) is 0 Å². The second kappa shape index (κ2) is 25.1. The van der Waals surface area contributed by atoms with Crippen LogP contribution in [0.4, 0.5) is 0 Å². The number of rotatable bonds is 2. The van der Waals surface area contributed by atoms with Gasteiger partial charge < -0.3 is 16.4 Å². The van der Waals surface area contributed by atoms with Gasteiger partial charge in [-0.3, -0.25) is 0 Å². The molecule has 0 rings (SSSR count). The van der Waals surface area contributed by atoms with Gasteiger partial charge in [0.15, 0.2) is 0 Å². The molecule has 0 unspecified atom stereocenters. The number of unbranched alkanes of at least 4 members (excludes halogenated alkanes) is 1. The van der Waals surface area contributed by atoms with Crippen LogP contribution in [0.3, 0.4) is 0 Å². The zero-order valence-corrected chi connectivity index (χ0v) is 8.56. The van der Waals surface area contributed by atoms with Gasteiger partial charge in [-0.2, -0.15) is 0 Å². The van der Waals surface area contributed by atoms with Crippen LogP contribution in [0.25, 0.3) is 0 Å². The summed E-state index contributed by atoms with van der Waals surface area (Å²) in [5.41, 5.74) is 0. The fourth-order valence-electron chi connectivity index (χ4n) is 0.177. The minimum Gasteiger partial charge on any atom is -0.870 e. The van der Waals surface area contributed by atoms with E-state index in [9.17, 15) is 0 Å². The molecule has 4 heteroatoms. The third-order valence-corrected chi connectivity index (χ3v) is 1.80. The fraction of sp³-hybridized carbons (Fsp3) is 1.00. The largest absolute Gasteiger partial charge is 0.870 e. The van der Waals surface area contributed by atoms with Gasteiger partial charge in [-0.15, -0.1) is 0 Å². The molecule has 0 atom stereocenters. The smallest absolute Gasteiger partial charge is 0.870 e. The second-order valence-corrected chi connectivity index (χ2v) is 2.90. The standard InChI is InChI=1S/C4H9.Hf.3H2O/c1-3-4-2;;;;/h1,3-4H2,2H3;;3*1H2/q;+3;;;/p-3. The SMILES string of the molecule is CCC[CH2][Hf+3].[OH-].[OH-].[OH-]. The minimum atomic E-state index is 0. The van der Waals surface area contributed by atoms with E-state index in [0.29, 0.717) is 0 Å². The maximum absolute atomic E-state index is 2.23. The average molecular weight is 287 g/mol. The van der Waals surface area contributed by atoms with Crippen LogP contribution in [-0.4, -0.2) is 16.4 Å². The molecule has 0 bridgehead atoms. The quantitative estimate of drug-likeness (QED) is 0.715. The molecular formula is C4H12HfO3. The molecule has 0 aliphatic carbocycles. The van der Waals surface area contributed by atoms with Crippen molar-refractivity contribution in [2.75, 3.05) is 0 Å². The van der Waals surface area contributed by atoms with Crippen LogP contribution in [0.5, 0.6) is 0 Å². The van der Waals surface area contributed by atoms with Crippen molar-refractivity contribution in [2.24, 2.45) is 0 Å². The summed E-state index contributed by atoms with van der Waals surface area (Å²) < 4.78 is 1.48. The van der Waals surface area contributed by atoms with E-state index in [1.807, 2.05) is 0 Å². The molecule has 0 saturated heterocycles. The van der Waals surface area contributed by atoms with Crippen molar-refractivity contribution >= 4 is 0 Å². The van der Waals surface area contributed by atoms with Crippen LogP contribution in [0.2, 0.25) is 4.18 Å². The van der Waals surface area contributed by atoms with Gasteiger partial charge in [0.1, 0.15) is 0 Å². The number of hydrogen-bond acceptors (Lipinski definition) is 3. The van der Waals surface area contributed by atoms with Crippen molar-refractivity contribution in [3.63, 3.8) is 0 Å². The average Bonchev–Trinajstić information content (AvgIpc) is 1.41. The predicted octanol–water partition coefficient (Wildman–Crippen LogP) is 1.22. The normalized spacial score (nSPS) is 5.38. The molecule has 8 heavy (non-hydrogen) atoms. The summed E-state index contributed by atoms with van der Waals surface area (Å²) in [4.78, 5) is 0. The Kier molecular flexibility index (Phi) is 73.1. The maximum atomic E-state index is 2.23. The second-order valence-electron chi connectivity index (χ2n) is 1.10. The van der Waals surface area contributed by atoms with Gasteiger partial charge in [0.25, 0.3) is 0 Å². The van der Waals surface area contributed by atoms with Gasteiger partial charge in [0.2, 0.25) is 0 Å². The Labute approximate surface area is 65.0 Å². The van der Waals surface area contributed by atoms with E-state index >= 15 is 0 Å². The third-order valence-electron chi connectivity index (χ3n) is 0.530. The summed E-state index contributed by atoms with van der Waals surface area (Å²) in [6.45, 7) is 2.23. The van der Waals surface area contributed by atoms with Crippen LogP contribution >= 0.6 is 0 Å². The molecule has 0 spiro atoms. The van der Waals surface area contributed by atoms with Gasteiger partial charge >= 0.3 is 48.3 Å². The molecule has 0 aliphatic rings. The molecule has 0 aromatic carbocycles. The molecule has 0 heterocycles. The molecule has 3 N–H and O–H groups in total. The summed E-state index contributed by atoms with van der Waals surface area (Å²) in [6.07, 6.45) is 2.83. The zero-order chi connectivity index (χ0) is 4.12. The first-order valence-corrected chi connectivity index (χ1v) is 4.60. The molecule has 0 aromatic heterocycles. The van der Waals surface area contributed by atoms with Gasteiger partial charge in [-0.05, 0) is 0 Å². The number of hydrogen-bond donors (Lipinski definition) is 0. The Morgan fingerprint density at radius 3 is 1.50 bits per heavy atom. The monoisotopic (exact) mass is 288 g/mol. The first-order chi connectivity index (χ1) is 2.41. The Balaban J connectivity index is -0.0000000267. The van der Waals surface area contributed by atoms with E-state index in [1.165, 1.54) is 41.4 Å². The van der Waals surface area contributed by atoms with Crippen molar-refractivity contribution in [3.8, 4) is 0 Å². The van der Waals surface area contributed by atoms with Gasteiger partial charge in [-0.1, -0.05) is 0 Å². The molecule has 0 fully saturated rings. The molecule has 0 aliphatic heterocycles. The van der Waals surface area contributed by atoms with E-state index < -0.39 is 0 Å². The van der Waals surface area contributed by atoms with Crippen molar-refractivity contribution in [1.82, 2.24) is 0 Å². The van der Waals surface area contributed by atoms with E-state index in [2.05, 4.69) is 6.92 Å². The van der Waals surface area contributed by atoms with Gasteiger partial charge in [-0.25, -0.2) is 0 Å². The fourth-order valence-corrected chi connectivity index (χ4v) is 1.45. The minimum absolute atomic E-state index is 0. The molecule has 50 valence electrons. The molecule has 0 saturated carbocycles. The molecule has 0 radical (unpaired) electrons. The Morgan fingerprint density at radius 1 is 1.12 bits per heavy atom. The van der Waals surface area contributed by atoms with Crippen molar-refractivity contribution in [3.05, 3.63) is 0 Å². The zero-order valence-electron chi connectivity index (χ0n) is 4.96. The van der Waals surface area contributed by atoms with E-state index in [4.69, 9.17) is 0 Å². The van der Waals surface area contributed by atoms with Gasteiger partial charge in [0, 0.05) is 0 Å². The van der Waals surface area contributed by atoms with Gasteiger partial charge in [0.05, 0.1) is 0 Å². The summed E-state index contributed by atoms with van der Waals surface area (Å²) in [5, 5.41) is 0. The first-order valence-electron chi connectivity index (χ1n) is 2.06. The van der Waals surface area contributed by atoms with Crippen LogP contribution in [0.15, 0.2) is 0 Å². The topological polar surface area (TPSA) is 90.0 Å².